The fourth-order valence-corrected chi connectivity index (χ4v) is 4.20. The van der Waals surface area contributed by atoms with E-state index >= 15 is 0 Å². The van der Waals surface area contributed by atoms with Gasteiger partial charge in [-0.1, -0.05) is 39.0 Å². The molecule has 0 aromatic rings. The van der Waals surface area contributed by atoms with E-state index in [9.17, 15) is 0 Å². The van der Waals surface area contributed by atoms with E-state index in [1.165, 1.54) is 57.8 Å². The molecular formula is C14H25Cl. The lowest BCUT2D eigenvalue weighted by Crippen LogP contribution is -2.31. The van der Waals surface area contributed by atoms with Crippen molar-refractivity contribution < 1.29 is 0 Å². The summed E-state index contributed by atoms with van der Waals surface area (Å²) in [5.74, 6) is 2.95. The molecule has 2 saturated carbocycles. The van der Waals surface area contributed by atoms with Gasteiger partial charge in [0.1, 0.15) is 0 Å². The number of alkyl halides is 1. The van der Waals surface area contributed by atoms with Gasteiger partial charge in [0.25, 0.3) is 0 Å². The fourth-order valence-electron chi connectivity index (χ4n) is 3.75. The van der Waals surface area contributed by atoms with Crippen LogP contribution in [0.2, 0.25) is 0 Å². The molecule has 1 heteroatoms. The van der Waals surface area contributed by atoms with Crippen molar-refractivity contribution in [2.24, 2.45) is 17.8 Å². The number of halogens is 1. The van der Waals surface area contributed by atoms with Gasteiger partial charge in [0.15, 0.2) is 0 Å². The summed E-state index contributed by atoms with van der Waals surface area (Å²) >= 11 is 6.49. The summed E-state index contributed by atoms with van der Waals surface area (Å²) in [5, 5.41) is 0.470. The molecule has 0 N–H and O–H groups in total. The van der Waals surface area contributed by atoms with Crippen LogP contribution in [0.3, 0.4) is 0 Å². The molecule has 4 atom stereocenters. The van der Waals surface area contributed by atoms with E-state index in [0.29, 0.717) is 5.38 Å². The van der Waals surface area contributed by atoms with Gasteiger partial charge in [0.2, 0.25) is 0 Å². The number of hydrogen-bond acceptors (Lipinski definition) is 0. The second kappa shape index (κ2) is 5.57. The molecule has 0 heterocycles. The Morgan fingerprint density at radius 2 is 1.80 bits per heavy atom. The van der Waals surface area contributed by atoms with E-state index in [4.69, 9.17) is 11.6 Å². The zero-order valence-electron chi connectivity index (χ0n) is 10.1. The standard InChI is InChI=1S/C14H25Cl/c1-2-5-14(15)13-9-8-11-6-3-4-7-12(11)10-13/h11-14H,2-10H2,1H3. The smallest absolute Gasteiger partial charge is 0.0364 e. The van der Waals surface area contributed by atoms with E-state index in [1.54, 1.807) is 0 Å². The van der Waals surface area contributed by atoms with E-state index in [1.807, 2.05) is 0 Å². The summed E-state index contributed by atoms with van der Waals surface area (Å²) in [4.78, 5) is 0. The van der Waals surface area contributed by atoms with Crippen molar-refractivity contribution >= 4 is 11.6 Å². The highest BCUT2D eigenvalue weighted by Crippen LogP contribution is 2.44. The minimum Gasteiger partial charge on any atom is -0.123 e. The fraction of sp³-hybridized carbons (Fsp3) is 1.00. The van der Waals surface area contributed by atoms with Gasteiger partial charge in [-0.25, -0.2) is 0 Å². The molecule has 4 unspecified atom stereocenters. The monoisotopic (exact) mass is 228 g/mol. The Labute approximate surface area is 99.8 Å². The Morgan fingerprint density at radius 3 is 2.53 bits per heavy atom. The van der Waals surface area contributed by atoms with Crippen molar-refractivity contribution in [1.29, 1.82) is 0 Å². The molecule has 0 amide bonds. The van der Waals surface area contributed by atoms with Crippen molar-refractivity contribution in [3.63, 3.8) is 0 Å². The Kier molecular flexibility index (Phi) is 4.37. The topological polar surface area (TPSA) is 0 Å². The predicted molar refractivity (Wildman–Crippen MR) is 67.3 cm³/mol. The van der Waals surface area contributed by atoms with Crippen molar-refractivity contribution in [2.75, 3.05) is 0 Å². The van der Waals surface area contributed by atoms with Gasteiger partial charge in [-0.2, -0.15) is 0 Å². The van der Waals surface area contributed by atoms with Crippen LogP contribution in [0.1, 0.15) is 64.7 Å². The third-order valence-electron chi connectivity index (χ3n) is 4.66. The highest BCUT2D eigenvalue weighted by atomic mass is 35.5. The average molecular weight is 229 g/mol. The second-order valence-electron chi connectivity index (χ2n) is 5.68. The first-order chi connectivity index (χ1) is 7.31. The Hall–Kier alpha value is 0.290. The van der Waals surface area contributed by atoms with E-state index in [2.05, 4.69) is 6.92 Å². The summed E-state index contributed by atoms with van der Waals surface area (Å²) in [6.07, 6.45) is 12.8. The van der Waals surface area contributed by atoms with Crippen LogP contribution in [-0.4, -0.2) is 5.38 Å². The second-order valence-corrected chi connectivity index (χ2v) is 6.24. The van der Waals surface area contributed by atoms with Crippen LogP contribution in [0.5, 0.6) is 0 Å². The minimum atomic E-state index is 0.470. The molecule has 0 aliphatic heterocycles. The normalized spacial score (nSPS) is 38.4. The van der Waals surface area contributed by atoms with Crippen LogP contribution in [0.25, 0.3) is 0 Å². The molecule has 0 spiro atoms. The largest absolute Gasteiger partial charge is 0.123 e. The average Bonchev–Trinajstić information content (AvgIpc) is 2.29. The van der Waals surface area contributed by atoms with Crippen LogP contribution < -0.4 is 0 Å². The maximum atomic E-state index is 6.49. The molecule has 0 aromatic heterocycles. The zero-order valence-corrected chi connectivity index (χ0v) is 10.8. The molecule has 2 aliphatic carbocycles. The summed E-state index contributed by atoms with van der Waals surface area (Å²) in [5.41, 5.74) is 0. The molecule has 0 nitrogen and oxygen atoms in total. The van der Waals surface area contributed by atoms with Gasteiger partial charge >= 0.3 is 0 Å². The van der Waals surface area contributed by atoms with E-state index < -0.39 is 0 Å². The van der Waals surface area contributed by atoms with Crippen molar-refractivity contribution in [1.82, 2.24) is 0 Å². The van der Waals surface area contributed by atoms with Gasteiger partial charge in [-0.15, -0.1) is 11.6 Å². The number of fused-ring (bicyclic) bond motifs is 1. The molecule has 0 radical (unpaired) electrons. The summed E-state index contributed by atoms with van der Waals surface area (Å²) in [6.45, 7) is 2.25. The highest BCUT2D eigenvalue weighted by Gasteiger charge is 2.34. The lowest BCUT2D eigenvalue weighted by atomic mass is 9.66. The molecule has 2 aliphatic rings. The van der Waals surface area contributed by atoms with Crippen molar-refractivity contribution in [2.45, 2.75) is 70.1 Å². The maximum Gasteiger partial charge on any atom is 0.0364 e. The Morgan fingerprint density at radius 1 is 1.07 bits per heavy atom. The summed E-state index contributed by atoms with van der Waals surface area (Å²) in [7, 11) is 0. The maximum absolute atomic E-state index is 6.49. The molecule has 0 bridgehead atoms. The molecule has 88 valence electrons. The first kappa shape index (κ1) is 11.8. The highest BCUT2D eigenvalue weighted by molar-refractivity contribution is 6.20. The quantitative estimate of drug-likeness (QED) is 0.597. The van der Waals surface area contributed by atoms with Crippen molar-refractivity contribution in [3.8, 4) is 0 Å². The van der Waals surface area contributed by atoms with E-state index in [-0.39, 0.29) is 0 Å². The molecule has 0 saturated heterocycles. The molecule has 0 aromatic carbocycles. The van der Waals surface area contributed by atoms with Gasteiger partial charge in [0, 0.05) is 5.38 Å². The van der Waals surface area contributed by atoms with Gasteiger partial charge < -0.3 is 0 Å². The van der Waals surface area contributed by atoms with Crippen LogP contribution in [-0.2, 0) is 0 Å². The number of rotatable bonds is 3. The third kappa shape index (κ3) is 2.90. The van der Waals surface area contributed by atoms with Crippen LogP contribution >= 0.6 is 11.6 Å². The Balaban J connectivity index is 1.85. The molecule has 15 heavy (non-hydrogen) atoms. The van der Waals surface area contributed by atoms with Crippen LogP contribution in [0.4, 0.5) is 0 Å². The van der Waals surface area contributed by atoms with Crippen LogP contribution in [0, 0.1) is 17.8 Å². The molecule has 2 fully saturated rings. The zero-order chi connectivity index (χ0) is 10.7. The van der Waals surface area contributed by atoms with Gasteiger partial charge in [-0.05, 0) is 43.4 Å². The minimum absolute atomic E-state index is 0.470. The van der Waals surface area contributed by atoms with Gasteiger partial charge in [-0.3, -0.25) is 0 Å². The third-order valence-corrected chi connectivity index (χ3v) is 5.23. The van der Waals surface area contributed by atoms with Crippen LogP contribution in [0.15, 0.2) is 0 Å². The SMILES string of the molecule is CCCC(Cl)C1CCC2CCCCC2C1. The predicted octanol–water partition coefficient (Wildman–Crippen LogP) is 5.00. The lowest BCUT2D eigenvalue weighted by Gasteiger charge is -2.40. The summed E-state index contributed by atoms with van der Waals surface area (Å²) in [6, 6.07) is 0. The molecular weight excluding hydrogens is 204 g/mol. The first-order valence-electron chi connectivity index (χ1n) is 6.95. The van der Waals surface area contributed by atoms with E-state index in [0.717, 1.165) is 17.8 Å². The summed E-state index contributed by atoms with van der Waals surface area (Å²) < 4.78 is 0. The van der Waals surface area contributed by atoms with Gasteiger partial charge in [0.05, 0.1) is 0 Å². The molecule has 2 rings (SSSR count). The van der Waals surface area contributed by atoms with Crippen molar-refractivity contribution in [3.05, 3.63) is 0 Å². The number of hydrogen-bond donors (Lipinski definition) is 0. The first-order valence-corrected chi connectivity index (χ1v) is 7.39. The lowest BCUT2D eigenvalue weighted by molar-refractivity contribution is 0.126. The Bertz CT molecular complexity index is 190.